The molecule has 0 unspecified atom stereocenters. The van der Waals surface area contributed by atoms with Crippen LogP contribution in [0, 0.1) is 0 Å². The first-order valence-corrected chi connectivity index (χ1v) is 6.94. The molecule has 0 spiro atoms. The first-order valence-electron chi connectivity index (χ1n) is 6.94. The zero-order valence-corrected chi connectivity index (χ0v) is 13.3. The minimum absolute atomic E-state index is 1.17. The summed E-state index contributed by atoms with van der Waals surface area (Å²) in [6, 6.07) is 0. The van der Waals surface area contributed by atoms with E-state index in [0.29, 0.717) is 0 Å². The molecule has 0 N–H and O–H groups in total. The van der Waals surface area contributed by atoms with Crippen LogP contribution in [0.25, 0.3) is 0 Å². The van der Waals surface area contributed by atoms with Crippen molar-refractivity contribution in [3.63, 3.8) is 0 Å². The van der Waals surface area contributed by atoms with Crippen molar-refractivity contribution in [1.82, 2.24) is 0 Å². The fourth-order valence-electron chi connectivity index (χ4n) is 0.744. The van der Waals surface area contributed by atoms with Gasteiger partial charge in [-0.25, -0.2) is 0 Å². The van der Waals surface area contributed by atoms with Crippen LogP contribution < -0.4 is 0 Å². The van der Waals surface area contributed by atoms with Gasteiger partial charge in [0.05, 0.1) is 27.2 Å². The highest BCUT2D eigenvalue weighted by atomic mass is 15.3. The quantitative estimate of drug-likeness (QED) is 0.587. The molecule has 0 heterocycles. The smallest absolute Gasteiger partial charge is 0.0782 e. The lowest BCUT2D eigenvalue weighted by atomic mass is 10.3. The lowest BCUT2D eigenvalue weighted by molar-refractivity contribution is -0.888. The summed E-state index contributed by atoms with van der Waals surface area (Å²) in [6.45, 7) is 19.1. The van der Waals surface area contributed by atoms with Gasteiger partial charge < -0.3 is 4.48 Å². The largest absolute Gasteiger partial charge is 0.329 e. The standard InChI is InChI=1S/C8H20N.3C2H6/c1-5-7-8-9(3,4)6-2;3*1-2/h5-8H2,1-4H3;3*1-2H3/q+1;;;. The van der Waals surface area contributed by atoms with E-state index in [1.54, 1.807) is 0 Å². The van der Waals surface area contributed by atoms with Crippen LogP contribution in [0.1, 0.15) is 68.2 Å². The second kappa shape index (κ2) is 23.6. The molecule has 0 aromatic heterocycles. The van der Waals surface area contributed by atoms with Crippen LogP contribution in [0.2, 0.25) is 0 Å². The lowest BCUT2D eigenvalue weighted by Crippen LogP contribution is -2.39. The summed E-state index contributed by atoms with van der Waals surface area (Å²) >= 11 is 0. The molecule has 0 saturated carbocycles. The fraction of sp³-hybridized carbons (Fsp3) is 1.00. The van der Waals surface area contributed by atoms with Gasteiger partial charge in [-0.05, 0) is 13.3 Å². The monoisotopic (exact) mass is 220 g/mol. The van der Waals surface area contributed by atoms with Gasteiger partial charge in [0.1, 0.15) is 0 Å². The molecule has 0 saturated heterocycles. The summed E-state index contributed by atoms with van der Waals surface area (Å²) in [6.07, 6.45) is 2.68. The Balaban J connectivity index is -0.0000000860. The molecule has 0 aliphatic carbocycles. The second-order valence-electron chi connectivity index (χ2n) is 3.33. The molecule has 98 valence electrons. The molecule has 1 heteroatoms. The van der Waals surface area contributed by atoms with Gasteiger partial charge in [0, 0.05) is 0 Å². The van der Waals surface area contributed by atoms with E-state index >= 15 is 0 Å². The molecule has 0 aliphatic heterocycles. The Bertz CT molecular complexity index is 67.7. The lowest BCUT2D eigenvalue weighted by Gasteiger charge is -2.27. The van der Waals surface area contributed by atoms with Crippen LogP contribution in [0.3, 0.4) is 0 Å². The third kappa shape index (κ3) is 31.5. The molecule has 0 aromatic rings. The maximum atomic E-state index is 2.29. The minimum Gasteiger partial charge on any atom is -0.329 e. The Morgan fingerprint density at radius 3 is 1.27 bits per heavy atom. The Morgan fingerprint density at radius 2 is 1.07 bits per heavy atom. The van der Waals surface area contributed by atoms with E-state index < -0.39 is 0 Å². The Morgan fingerprint density at radius 1 is 0.733 bits per heavy atom. The molecule has 0 aliphatic rings. The predicted molar refractivity (Wildman–Crippen MR) is 76.5 cm³/mol. The van der Waals surface area contributed by atoms with Gasteiger partial charge in [-0.1, -0.05) is 54.9 Å². The topological polar surface area (TPSA) is 0 Å². The highest BCUT2D eigenvalue weighted by Gasteiger charge is 2.08. The van der Waals surface area contributed by atoms with E-state index in [2.05, 4.69) is 27.9 Å². The van der Waals surface area contributed by atoms with Gasteiger partial charge in [-0.15, -0.1) is 0 Å². The first-order chi connectivity index (χ1) is 7.12. The van der Waals surface area contributed by atoms with Crippen LogP contribution in [0.4, 0.5) is 0 Å². The van der Waals surface area contributed by atoms with Crippen molar-refractivity contribution < 1.29 is 4.48 Å². The third-order valence-electron chi connectivity index (χ3n) is 1.97. The van der Waals surface area contributed by atoms with Crippen molar-refractivity contribution in [2.75, 3.05) is 27.2 Å². The Labute approximate surface area is 100 Å². The summed E-state index contributed by atoms with van der Waals surface area (Å²) in [7, 11) is 4.57. The molecule has 0 radical (unpaired) electrons. The number of rotatable bonds is 4. The van der Waals surface area contributed by atoms with E-state index in [-0.39, 0.29) is 0 Å². The van der Waals surface area contributed by atoms with Gasteiger partial charge in [0.15, 0.2) is 0 Å². The second-order valence-corrected chi connectivity index (χ2v) is 3.33. The zero-order chi connectivity index (χ0) is 13.3. The molecule has 15 heavy (non-hydrogen) atoms. The molecule has 0 fully saturated rings. The van der Waals surface area contributed by atoms with E-state index in [4.69, 9.17) is 0 Å². The number of hydrogen-bond acceptors (Lipinski definition) is 0. The van der Waals surface area contributed by atoms with Crippen LogP contribution in [0.15, 0.2) is 0 Å². The van der Waals surface area contributed by atoms with Crippen molar-refractivity contribution in [3.05, 3.63) is 0 Å². The molecule has 0 bridgehead atoms. The van der Waals surface area contributed by atoms with Crippen molar-refractivity contribution in [1.29, 1.82) is 0 Å². The van der Waals surface area contributed by atoms with E-state index in [1.807, 2.05) is 41.5 Å². The summed E-state index contributed by atoms with van der Waals surface area (Å²) in [5.74, 6) is 0. The van der Waals surface area contributed by atoms with Crippen molar-refractivity contribution in [2.24, 2.45) is 0 Å². The van der Waals surface area contributed by atoms with Gasteiger partial charge in [-0.2, -0.15) is 0 Å². The number of nitrogens with zero attached hydrogens (tertiary/aromatic N) is 1. The fourth-order valence-corrected chi connectivity index (χ4v) is 0.744. The molecule has 0 rings (SSSR count). The van der Waals surface area contributed by atoms with E-state index in [1.165, 1.54) is 30.4 Å². The summed E-state index contributed by atoms with van der Waals surface area (Å²) in [5, 5.41) is 0. The molecular weight excluding hydrogens is 182 g/mol. The molecule has 0 atom stereocenters. The highest BCUT2D eigenvalue weighted by molar-refractivity contribution is 4.31. The van der Waals surface area contributed by atoms with E-state index in [9.17, 15) is 0 Å². The van der Waals surface area contributed by atoms with Gasteiger partial charge in [0.2, 0.25) is 0 Å². The molecule has 0 aromatic carbocycles. The van der Waals surface area contributed by atoms with Crippen LogP contribution in [0.5, 0.6) is 0 Å². The SMILES string of the molecule is CC.CC.CC.CCCC[N+](C)(C)CC. The van der Waals surface area contributed by atoms with Crippen molar-refractivity contribution >= 4 is 0 Å². The van der Waals surface area contributed by atoms with Crippen molar-refractivity contribution in [3.8, 4) is 0 Å². The zero-order valence-electron chi connectivity index (χ0n) is 13.3. The third-order valence-corrected chi connectivity index (χ3v) is 1.97. The molecule has 0 amide bonds. The summed E-state index contributed by atoms with van der Waals surface area (Å²) < 4.78 is 1.17. The number of hydrogen-bond donors (Lipinski definition) is 0. The van der Waals surface area contributed by atoms with Gasteiger partial charge in [0.25, 0.3) is 0 Å². The average Bonchev–Trinajstić information content (AvgIpc) is 2.34. The van der Waals surface area contributed by atoms with E-state index in [0.717, 1.165) is 0 Å². The highest BCUT2D eigenvalue weighted by Crippen LogP contribution is 1.99. The molecule has 1 nitrogen and oxygen atoms in total. The summed E-state index contributed by atoms with van der Waals surface area (Å²) in [5.41, 5.74) is 0. The predicted octanol–water partition coefficient (Wildman–Crippen LogP) is 4.96. The van der Waals surface area contributed by atoms with Crippen LogP contribution in [-0.2, 0) is 0 Å². The van der Waals surface area contributed by atoms with Gasteiger partial charge in [-0.3, -0.25) is 0 Å². The summed E-state index contributed by atoms with van der Waals surface area (Å²) in [4.78, 5) is 0. The number of quaternary nitrogens is 1. The maximum absolute atomic E-state index is 2.29. The van der Waals surface area contributed by atoms with Gasteiger partial charge >= 0.3 is 0 Å². The van der Waals surface area contributed by atoms with Crippen molar-refractivity contribution in [2.45, 2.75) is 68.2 Å². The maximum Gasteiger partial charge on any atom is 0.0782 e. The minimum atomic E-state index is 1.17. The normalized spacial score (nSPS) is 8.40. The molecular formula is C14H38N+. The van der Waals surface area contributed by atoms with Crippen LogP contribution >= 0.6 is 0 Å². The number of unbranched alkanes of at least 4 members (excludes halogenated alkanes) is 1. The first kappa shape index (κ1) is 24.3. The Kier molecular flexibility index (Phi) is 38.2. The average molecular weight is 220 g/mol. The Hall–Kier alpha value is -0.0400. The van der Waals surface area contributed by atoms with Crippen LogP contribution in [-0.4, -0.2) is 31.7 Å².